The van der Waals surface area contributed by atoms with Crippen LogP contribution in [-0.4, -0.2) is 66.4 Å². The minimum Gasteiger partial charge on any atom is -0.468 e. The van der Waals surface area contributed by atoms with Gasteiger partial charge in [0.2, 0.25) is 11.8 Å². The van der Waals surface area contributed by atoms with Crippen LogP contribution in [0, 0.1) is 6.92 Å². The second kappa shape index (κ2) is 13.1. The van der Waals surface area contributed by atoms with E-state index in [2.05, 4.69) is 28.0 Å². The highest BCUT2D eigenvalue weighted by molar-refractivity contribution is 7.80. The molecule has 9 nitrogen and oxygen atoms in total. The molecule has 33 heavy (non-hydrogen) atoms. The van der Waals surface area contributed by atoms with E-state index in [-0.39, 0.29) is 18.8 Å². The molecule has 1 aromatic carbocycles. The fraction of sp³-hybridized carbons (Fsp3) is 0.565. The average molecular weight is 482 g/mol. The Bertz CT molecular complexity index is 840. The van der Waals surface area contributed by atoms with Crippen molar-refractivity contribution in [3.05, 3.63) is 35.4 Å². The summed E-state index contributed by atoms with van der Waals surface area (Å²) < 4.78 is 9.86. The number of esters is 1. The molecule has 1 aromatic rings. The number of thiol groups is 1. The summed E-state index contributed by atoms with van der Waals surface area (Å²) in [6.07, 6.45) is -0.196. The number of ether oxygens (including phenoxy) is 2. The van der Waals surface area contributed by atoms with Crippen LogP contribution in [-0.2, 0) is 23.9 Å². The van der Waals surface area contributed by atoms with Crippen molar-refractivity contribution in [3.63, 3.8) is 0 Å². The first kappa shape index (κ1) is 28.3. The molecule has 0 saturated carbocycles. The van der Waals surface area contributed by atoms with Crippen LogP contribution in [0.4, 0.5) is 4.79 Å². The Morgan fingerprint density at radius 1 is 1.15 bits per heavy atom. The van der Waals surface area contributed by atoms with Crippen LogP contribution >= 0.6 is 12.6 Å². The van der Waals surface area contributed by atoms with E-state index in [0.29, 0.717) is 12.0 Å². The van der Waals surface area contributed by atoms with Crippen LogP contribution in [0.3, 0.4) is 0 Å². The van der Waals surface area contributed by atoms with Gasteiger partial charge in [0, 0.05) is 12.3 Å². The normalized spacial score (nSPS) is 12.8. The molecule has 0 fully saturated rings. The van der Waals surface area contributed by atoms with Crippen molar-refractivity contribution in [1.82, 2.24) is 15.5 Å². The summed E-state index contributed by atoms with van der Waals surface area (Å²) in [5.74, 6) is -1.63. The Labute approximate surface area is 201 Å². The molecule has 0 aliphatic rings. The molecule has 2 atom stereocenters. The molecule has 2 N–H and O–H groups in total. The first-order valence-corrected chi connectivity index (χ1v) is 11.4. The molecular formula is C23H35N3O6S. The summed E-state index contributed by atoms with van der Waals surface area (Å²) in [6.45, 7) is 8.76. The van der Waals surface area contributed by atoms with E-state index in [1.807, 2.05) is 26.0 Å². The smallest absolute Gasteiger partial charge is 0.408 e. The van der Waals surface area contributed by atoms with Crippen molar-refractivity contribution in [2.24, 2.45) is 0 Å². The molecule has 1 rings (SSSR count). The van der Waals surface area contributed by atoms with Crippen LogP contribution in [0.15, 0.2) is 24.3 Å². The molecule has 0 bridgehead atoms. The highest BCUT2D eigenvalue weighted by atomic mass is 32.1. The van der Waals surface area contributed by atoms with Crippen LogP contribution in [0.25, 0.3) is 0 Å². The number of methoxy groups -OCH3 is 1. The Balaban J connectivity index is 3.31. The number of aryl methyl sites for hydroxylation is 1. The fourth-order valence-corrected chi connectivity index (χ4v) is 3.36. The van der Waals surface area contributed by atoms with Crippen LogP contribution < -0.4 is 10.6 Å². The monoisotopic (exact) mass is 481 g/mol. The van der Waals surface area contributed by atoms with Crippen molar-refractivity contribution < 1.29 is 28.7 Å². The number of carbonyl (C=O) groups is 4. The van der Waals surface area contributed by atoms with Crippen molar-refractivity contribution >= 4 is 36.5 Å². The lowest BCUT2D eigenvalue weighted by Crippen LogP contribution is -2.54. The van der Waals surface area contributed by atoms with Gasteiger partial charge in [0.25, 0.3) is 0 Å². The van der Waals surface area contributed by atoms with Gasteiger partial charge in [-0.2, -0.15) is 12.6 Å². The van der Waals surface area contributed by atoms with Gasteiger partial charge in [0.1, 0.15) is 24.2 Å². The highest BCUT2D eigenvalue weighted by Crippen LogP contribution is 2.26. The largest absolute Gasteiger partial charge is 0.468 e. The first-order chi connectivity index (χ1) is 15.4. The lowest BCUT2D eigenvalue weighted by atomic mass is 9.98. The molecule has 2 unspecified atom stereocenters. The van der Waals surface area contributed by atoms with Crippen LogP contribution in [0.5, 0.6) is 0 Å². The Morgan fingerprint density at radius 3 is 2.30 bits per heavy atom. The molecule has 0 aliphatic heterocycles. The summed E-state index contributed by atoms with van der Waals surface area (Å²) in [4.78, 5) is 52.0. The lowest BCUT2D eigenvalue weighted by molar-refractivity contribution is -0.144. The molecule has 0 saturated heterocycles. The van der Waals surface area contributed by atoms with Gasteiger partial charge in [-0.1, -0.05) is 31.2 Å². The quantitative estimate of drug-likeness (QED) is 0.349. The zero-order valence-electron chi connectivity index (χ0n) is 20.1. The number of nitrogens with zero attached hydrogens (tertiary/aromatic N) is 1. The third-order valence-electron chi connectivity index (χ3n) is 4.60. The van der Waals surface area contributed by atoms with Crippen LogP contribution in [0.1, 0.15) is 51.3 Å². The second-order valence-electron chi connectivity index (χ2n) is 8.47. The molecule has 184 valence electrons. The van der Waals surface area contributed by atoms with Gasteiger partial charge >= 0.3 is 12.1 Å². The zero-order chi connectivity index (χ0) is 25.2. The number of rotatable bonds is 10. The van der Waals surface area contributed by atoms with Crippen molar-refractivity contribution in [2.45, 2.75) is 58.7 Å². The summed E-state index contributed by atoms with van der Waals surface area (Å²) in [5, 5.41) is 5.09. The van der Waals surface area contributed by atoms with E-state index in [9.17, 15) is 19.2 Å². The average Bonchev–Trinajstić information content (AvgIpc) is 2.74. The molecule has 0 spiro atoms. The van der Waals surface area contributed by atoms with E-state index in [4.69, 9.17) is 4.74 Å². The fourth-order valence-electron chi connectivity index (χ4n) is 3.12. The van der Waals surface area contributed by atoms with Gasteiger partial charge in [-0.15, -0.1) is 0 Å². The predicted molar refractivity (Wildman–Crippen MR) is 128 cm³/mol. The topological polar surface area (TPSA) is 114 Å². The van der Waals surface area contributed by atoms with E-state index >= 15 is 0 Å². The SMILES string of the molecule is CCCN(C(=O)C(CS)NC(=O)OC(C)(C)C)C(C(=O)NCC(=O)OC)c1ccccc1C. The summed E-state index contributed by atoms with van der Waals surface area (Å²) >= 11 is 4.23. The zero-order valence-corrected chi connectivity index (χ0v) is 21.0. The molecule has 0 heterocycles. The number of amides is 3. The molecule has 0 radical (unpaired) electrons. The van der Waals surface area contributed by atoms with Crippen molar-refractivity contribution in [1.29, 1.82) is 0 Å². The summed E-state index contributed by atoms with van der Waals surface area (Å²) in [7, 11) is 1.22. The first-order valence-electron chi connectivity index (χ1n) is 10.8. The van der Waals surface area contributed by atoms with Crippen molar-refractivity contribution in [3.8, 4) is 0 Å². The molecular weight excluding hydrogens is 446 g/mol. The number of carbonyl (C=O) groups excluding carboxylic acids is 4. The predicted octanol–water partition coefficient (Wildman–Crippen LogP) is 2.39. The second-order valence-corrected chi connectivity index (χ2v) is 8.83. The molecule has 3 amide bonds. The van der Waals surface area contributed by atoms with Gasteiger partial charge in [-0.05, 0) is 45.2 Å². The molecule has 0 aromatic heterocycles. The van der Waals surface area contributed by atoms with E-state index in [0.717, 1.165) is 5.56 Å². The standard InChI is InChI=1S/C23H35N3O6S/c1-7-12-26(21(29)17(14-33)25-22(30)32-23(3,4)5)19(16-11-9-8-10-15(16)2)20(28)24-13-18(27)31-6/h8-11,17,19,33H,7,12-14H2,1-6H3,(H,24,28)(H,25,30). The van der Waals surface area contributed by atoms with E-state index < -0.39 is 41.6 Å². The van der Waals surface area contributed by atoms with Gasteiger partial charge in [-0.25, -0.2) is 4.79 Å². The lowest BCUT2D eigenvalue weighted by Gasteiger charge is -2.34. The number of nitrogens with one attached hydrogen (secondary N) is 2. The number of hydrogen-bond acceptors (Lipinski definition) is 7. The third kappa shape index (κ3) is 8.95. The van der Waals surface area contributed by atoms with E-state index in [1.165, 1.54) is 12.0 Å². The minimum absolute atomic E-state index is 0.00254. The summed E-state index contributed by atoms with van der Waals surface area (Å²) in [6, 6.07) is 5.15. The Morgan fingerprint density at radius 2 is 1.79 bits per heavy atom. The minimum atomic E-state index is -1.02. The third-order valence-corrected chi connectivity index (χ3v) is 4.96. The maximum Gasteiger partial charge on any atom is 0.408 e. The van der Waals surface area contributed by atoms with Gasteiger partial charge in [0.15, 0.2) is 0 Å². The Kier molecular flexibility index (Phi) is 11.2. The maximum absolute atomic E-state index is 13.5. The van der Waals surface area contributed by atoms with Gasteiger partial charge in [-0.3, -0.25) is 14.4 Å². The van der Waals surface area contributed by atoms with Crippen LogP contribution in [0.2, 0.25) is 0 Å². The number of alkyl carbamates (subject to hydrolysis) is 1. The highest BCUT2D eigenvalue weighted by Gasteiger charge is 2.36. The molecule has 10 heteroatoms. The Hall–Kier alpha value is -2.75. The van der Waals surface area contributed by atoms with Gasteiger partial charge in [0.05, 0.1) is 7.11 Å². The van der Waals surface area contributed by atoms with Gasteiger partial charge < -0.3 is 25.0 Å². The van der Waals surface area contributed by atoms with Crippen molar-refractivity contribution in [2.75, 3.05) is 26.0 Å². The summed E-state index contributed by atoms with van der Waals surface area (Å²) in [5.41, 5.74) is 0.665. The number of benzene rings is 1. The molecule has 0 aliphatic carbocycles. The number of hydrogen-bond donors (Lipinski definition) is 3. The van der Waals surface area contributed by atoms with E-state index in [1.54, 1.807) is 32.9 Å². The maximum atomic E-state index is 13.5.